The molecule has 0 spiro atoms. The van der Waals surface area contributed by atoms with E-state index >= 15 is 0 Å². The largest absolute Gasteiger partial charge is 0.481 e. The minimum Gasteiger partial charge on any atom is -0.481 e. The third kappa shape index (κ3) is 5.96. The summed E-state index contributed by atoms with van der Waals surface area (Å²) in [5.41, 5.74) is 0.962. The predicted molar refractivity (Wildman–Crippen MR) is 50.1 cm³/mol. The number of carboxylic acid groups (broad SMARTS) is 1. The first-order chi connectivity index (χ1) is 5.56. The van der Waals surface area contributed by atoms with Gasteiger partial charge in [-0.25, -0.2) is 0 Å². The van der Waals surface area contributed by atoms with E-state index in [1.807, 2.05) is 6.92 Å². The second-order valence-electron chi connectivity index (χ2n) is 3.35. The topological polar surface area (TPSA) is 37.3 Å². The van der Waals surface area contributed by atoms with E-state index in [1.54, 1.807) is 0 Å². The molecule has 0 aromatic heterocycles. The number of carboxylic acids is 1. The highest BCUT2D eigenvalue weighted by Crippen LogP contribution is 2.11. The number of carbonyl (C=O) groups is 1. The lowest BCUT2D eigenvalue weighted by Gasteiger charge is -2.04. The standard InChI is InChI=1S/C10H18O2/c1-4-5-8(2)6-9(3)7-10(11)12/h6,8H,4-5,7H2,1-3H3,(H,11,12). The van der Waals surface area contributed by atoms with Crippen LogP contribution in [0.25, 0.3) is 0 Å². The van der Waals surface area contributed by atoms with Crippen LogP contribution < -0.4 is 0 Å². The van der Waals surface area contributed by atoms with Crippen molar-refractivity contribution in [1.82, 2.24) is 0 Å². The van der Waals surface area contributed by atoms with Crippen LogP contribution in [0.5, 0.6) is 0 Å². The fourth-order valence-corrected chi connectivity index (χ4v) is 1.32. The Morgan fingerprint density at radius 2 is 2.17 bits per heavy atom. The van der Waals surface area contributed by atoms with Crippen molar-refractivity contribution in [3.8, 4) is 0 Å². The molecule has 0 radical (unpaired) electrons. The van der Waals surface area contributed by atoms with Crippen molar-refractivity contribution >= 4 is 5.97 Å². The van der Waals surface area contributed by atoms with Gasteiger partial charge in [-0.3, -0.25) is 4.79 Å². The Bertz CT molecular complexity index is 171. The Balaban J connectivity index is 3.88. The van der Waals surface area contributed by atoms with Crippen molar-refractivity contribution in [2.45, 2.75) is 40.0 Å². The molecule has 2 nitrogen and oxygen atoms in total. The van der Waals surface area contributed by atoms with Crippen molar-refractivity contribution in [3.63, 3.8) is 0 Å². The van der Waals surface area contributed by atoms with E-state index in [0.29, 0.717) is 5.92 Å². The summed E-state index contributed by atoms with van der Waals surface area (Å²) >= 11 is 0. The van der Waals surface area contributed by atoms with E-state index in [0.717, 1.165) is 18.4 Å². The summed E-state index contributed by atoms with van der Waals surface area (Å²) in [4.78, 5) is 10.3. The summed E-state index contributed by atoms with van der Waals surface area (Å²) in [5, 5.41) is 8.49. The van der Waals surface area contributed by atoms with Gasteiger partial charge in [0.05, 0.1) is 6.42 Å². The molecule has 0 saturated carbocycles. The number of allylic oxidation sites excluding steroid dienone is 1. The van der Waals surface area contributed by atoms with Crippen LogP contribution in [0, 0.1) is 5.92 Å². The fraction of sp³-hybridized carbons (Fsp3) is 0.700. The smallest absolute Gasteiger partial charge is 0.307 e. The molecule has 70 valence electrons. The van der Waals surface area contributed by atoms with Gasteiger partial charge in [-0.2, -0.15) is 0 Å². The molecule has 1 unspecified atom stereocenters. The molecule has 0 aliphatic heterocycles. The summed E-state index contributed by atoms with van der Waals surface area (Å²) in [6.45, 7) is 6.13. The van der Waals surface area contributed by atoms with Gasteiger partial charge >= 0.3 is 5.97 Å². The summed E-state index contributed by atoms with van der Waals surface area (Å²) in [6, 6.07) is 0. The first-order valence-corrected chi connectivity index (χ1v) is 4.45. The van der Waals surface area contributed by atoms with Crippen molar-refractivity contribution < 1.29 is 9.90 Å². The Labute approximate surface area is 74.3 Å². The van der Waals surface area contributed by atoms with Crippen molar-refractivity contribution in [2.75, 3.05) is 0 Å². The molecule has 0 saturated heterocycles. The van der Waals surface area contributed by atoms with E-state index in [-0.39, 0.29) is 6.42 Å². The molecule has 0 aromatic rings. The quantitative estimate of drug-likeness (QED) is 0.644. The van der Waals surface area contributed by atoms with Gasteiger partial charge in [-0.15, -0.1) is 0 Å². The molecule has 1 N–H and O–H groups in total. The molecular formula is C10H18O2. The second-order valence-corrected chi connectivity index (χ2v) is 3.35. The van der Waals surface area contributed by atoms with Crippen LogP contribution in [0.2, 0.25) is 0 Å². The maximum atomic E-state index is 10.3. The lowest BCUT2D eigenvalue weighted by Crippen LogP contribution is -1.97. The zero-order chi connectivity index (χ0) is 9.56. The maximum absolute atomic E-state index is 10.3. The van der Waals surface area contributed by atoms with Gasteiger partial charge in [-0.1, -0.05) is 31.9 Å². The molecule has 0 aromatic carbocycles. The highest BCUT2D eigenvalue weighted by Gasteiger charge is 2.01. The Kier molecular flexibility index (Phi) is 5.43. The average Bonchev–Trinajstić information content (AvgIpc) is 1.84. The monoisotopic (exact) mass is 170 g/mol. The first kappa shape index (κ1) is 11.2. The molecule has 1 atom stereocenters. The van der Waals surface area contributed by atoms with E-state index in [4.69, 9.17) is 5.11 Å². The highest BCUT2D eigenvalue weighted by atomic mass is 16.4. The second kappa shape index (κ2) is 5.81. The van der Waals surface area contributed by atoms with Crippen molar-refractivity contribution in [1.29, 1.82) is 0 Å². The first-order valence-electron chi connectivity index (χ1n) is 4.45. The lowest BCUT2D eigenvalue weighted by atomic mass is 10.0. The van der Waals surface area contributed by atoms with Crippen LogP contribution in [-0.2, 0) is 4.79 Å². The number of hydrogen-bond acceptors (Lipinski definition) is 1. The number of rotatable bonds is 5. The minimum atomic E-state index is -0.743. The Morgan fingerprint density at radius 3 is 2.58 bits per heavy atom. The van der Waals surface area contributed by atoms with Gasteiger partial charge in [-0.05, 0) is 19.3 Å². The third-order valence-corrected chi connectivity index (χ3v) is 1.74. The molecule has 0 heterocycles. The summed E-state index contributed by atoms with van der Waals surface area (Å²) < 4.78 is 0. The van der Waals surface area contributed by atoms with Gasteiger partial charge in [0.2, 0.25) is 0 Å². The van der Waals surface area contributed by atoms with Crippen LogP contribution >= 0.6 is 0 Å². The third-order valence-electron chi connectivity index (χ3n) is 1.74. The molecule has 0 aliphatic rings. The summed E-state index contributed by atoms with van der Waals surface area (Å²) in [5.74, 6) is -0.234. The zero-order valence-electron chi connectivity index (χ0n) is 8.13. The van der Waals surface area contributed by atoms with Crippen LogP contribution in [0.1, 0.15) is 40.0 Å². The molecule has 0 fully saturated rings. The molecule has 12 heavy (non-hydrogen) atoms. The van der Waals surface area contributed by atoms with Gasteiger partial charge in [0, 0.05) is 0 Å². The van der Waals surface area contributed by atoms with E-state index in [9.17, 15) is 4.79 Å². The van der Waals surface area contributed by atoms with E-state index in [2.05, 4.69) is 19.9 Å². The minimum absolute atomic E-state index is 0.175. The molecule has 2 heteroatoms. The number of hydrogen-bond donors (Lipinski definition) is 1. The van der Waals surface area contributed by atoms with Crippen molar-refractivity contribution in [2.24, 2.45) is 5.92 Å². The summed E-state index contributed by atoms with van der Waals surface area (Å²) in [6.07, 6.45) is 4.51. The van der Waals surface area contributed by atoms with Gasteiger partial charge in [0.15, 0.2) is 0 Å². The van der Waals surface area contributed by atoms with Gasteiger partial charge in [0.1, 0.15) is 0 Å². The van der Waals surface area contributed by atoms with E-state index < -0.39 is 5.97 Å². The Hall–Kier alpha value is -0.790. The molecular weight excluding hydrogens is 152 g/mol. The summed E-state index contributed by atoms with van der Waals surface area (Å²) in [7, 11) is 0. The Morgan fingerprint density at radius 1 is 1.58 bits per heavy atom. The van der Waals surface area contributed by atoms with Crippen LogP contribution in [-0.4, -0.2) is 11.1 Å². The zero-order valence-corrected chi connectivity index (χ0v) is 8.13. The average molecular weight is 170 g/mol. The predicted octanol–water partition coefficient (Wildman–Crippen LogP) is 2.84. The molecule has 0 rings (SSSR count). The van der Waals surface area contributed by atoms with Gasteiger partial charge < -0.3 is 5.11 Å². The fourth-order valence-electron chi connectivity index (χ4n) is 1.32. The van der Waals surface area contributed by atoms with E-state index in [1.165, 1.54) is 0 Å². The normalized spacial score (nSPS) is 14.4. The lowest BCUT2D eigenvalue weighted by molar-refractivity contribution is -0.136. The van der Waals surface area contributed by atoms with Gasteiger partial charge in [0.25, 0.3) is 0 Å². The molecule has 0 aliphatic carbocycles. The highest BCUT2D eigenvalue weighted by molar-refractivity contribution is 5.69. The van der Waals surface area contributed by atoms with Crippen LogP contribution in [0.3, 0.4) is 0 Å². The molecule has 0 amide bonds. The van der Waals surface area contributed by atoms with Crippen molar-refractivity contribution in [3.05, 3.63) is 11.6 Å². The SMILES string of the molecule is CCCC(C)C=C(C)CC(=O)O. The molecule has 0 bridgehead atoms. The maximum Gasteiger partial charge on any atom is 0.307 e. The van der Waals surface area contributed by atoms with Crippen LogP contribution in [0.15, 0.2) is 11.6 Å². The number of aliphatic carboxylic acids is 1. The van der Waals surface area contributed by atoms with Crippen LogP contribution in [0.4, 0.5) is 0 Å².